The molecule has 0 amide bonds. The summed E-state index contributed by atoms with van der Waals surface area (Å²) in [4.78, 5) is 24.3. The van der Waals surface area contributed by atoms with Crippen LogP contribution in [0.4, 0.5) is 11.8 Å². The minimum Gasteiger partial charge on any atom is -0.480 e. The summed E-state index contributed by atoms with van der Waals surface area (Å²) in [6, 6.07) is 3.52. The van der Waals surface area contributed by atoms with E-state index in [4.69, 9.17) is 5.73 Å². The Morgan fingerprint density at radius 2 is 2.18 bits per heavy atom. The molecule has 0 aliphatic carbocycles. The van der Waals surface area contributed by atoms with Crippen molar-refractivity contribution in [1.29, 1.82) is 0 Å². The molecule has 1 atom stereocenters. The van der Waals surface area contributed by atoms with E-state index < -0.39 is 11.5 Å². The molecule has 7 nitrogen and oxygen atoms in total. The molecular formula is C15H21N5O2. The SMILES string of the molecule is CCCCC(CC)(Nc1nc(N)nc2cccnc12)C(=O)O. The van der Waals surface area contributed by atoms with E-state index in [1.807, 2.05) is 13.8 Å². The number of nitrogens with two attached hydrogens (primary N) is 1. The maximum atomic E-state index is 11.8. The predicted octanol–water partition coefficient (Wildman–Crippen LogP) is 2.44. The van der Waals surface area contributed by atoms with Gasteiger partial charge in [-0.1, -0.05) is 26.7 Å². The Hall–Kier alpha value is -2.44. The first-order valence-corrected chi connectivity index (χ1v) is 7.42. The lowest BCUT2D eigenvalue weighted by molar-refractivity contribution is -0.142. The maximum absolute atomic E-state index is 11.8. The molecule has 2 rings (SSSR count). The second kappa shape index (κ2) is 6.55. The Bertz CT molecular complexity index is 676. The third kappa shape index (κ3) is 3.08. The van der Waals surface area contributed by atoms with Crippen molar-refractivity contribution in [2.24, 2.45) is 0 Å². The van der Waals surface area contributed by atoms with E-state index in [1.54, 1.807) is 18.3 Å². The van der Waals surface area contributed by atoms with Crippen LogP contribution in [0.25, 0.3) is 11.0 Å². The van der Waals surface area contributed by atoms with Crippen LogP contribution in [0.1, 0.15) is 39.5 Å². The van der Waals surface area contributed by atoms with Crippen LogP contribution in [-0.4, -0.2) is 31.6 Å². The number of nitrogens with zero attached hydrogens (tertiary/aromatic N) is 3. The van der Waals surface area contributed by atoms with Gasteiger partial charge < -0.3 is 16.2 Å². The fraction of sp³-hybridized carbons (Fsp3) is 0.467. The first-order valence-electron chi connectivity index (χ1n) is 7.42. The van der Waals surface area contributed by atoms with Crippen molar-refractivity contribution in [1.82, 2.24) is 15.0 Å². The second-order valence-corrected chi connectivity index (χ2v) is 5.27. The molecule has 22 heavy (non-hydrogen) atoms. The molecule has 0 saturated carbocycles. The van der Waals surface area contributed by atoms with Gasteiger partial charge in [0.1, 0.15) is 11.1 Å². The number of anilines is 2. The quantitative estimate of drug-likeness (QED) is 0.719. The third-order valence-electron chi connectivity index (χ3n) is 3.80. The zero-order valence-corrected chi connectivity index (χ0v) is 12.8. The number of fused-ring (bicyclic) bond motifs is 1. The highest BCUT2D eigenvalue weighted by Crippen LogP contribution is 2.27. The number of pyridine rings is 1. The lowest BCUT2D eigenvalue weighted by atomic mass is 9.89. The Morgan fingerprint density at radius 1 is 1.41 bits per heavy atom. The van der Waals surface area contributed by atoms with Crippen molar-refractivity contribution in [3.63, 3.8) is 0 Å². The fourth-order valence-corrected chi connectivity index (χ4v) is 2.42. The van der Waals surface area contributed by atoms with Crippen LogP contribution in [-0.2, 0) is 4.79 Å². The number of nitrogens with one attached hydrogen (secondary N) is 1. The Kier molecular flexibility index (Phi) is 4.75. The average molecular weight is 303 g/mol. The Labute approximate surface area is 129 Å². The van der Waals surface area contributed by atoms with Gasteiger partial charge in [0, 0.05) is 6.20 Å². The number of aromatic nitrogens is 3. The topological polar surface area (TPSA) is 114 Å². The molecule has 2 aromatic rings. The minimum absolute atomic E-state index is 0.0916. The molecule has 0 aliphatic rings. The van der Waals surface area contributed by atoms with Crippen molar-refractivity contribution in [2.45, 2.75) is 45.1 Å². The van der Waals surface area contributed by atoms with Crippen molar-refractivity contribution in [3.05, 3.63) is 18.3 Å². The molecule has 0 aromatic carbocycles. The minimum atomic E-state index is -1.08. The maximum Gasteiger partial charge on any atom is 0.329 e. The van der Waals surface area contributed by atoms with E-state index in [9.17, 15) is 9.90 Å². The third-order valence-corrected chi connectivity index (χ3v) is 3.80. The lowest BCUT2D eigenvalue weighted by Crippen LogP contribution is -2.46. The monoisotopic (exact) mass is 303 g/mol. The number of unbranched alkanes of at least 4 members (excludes halogenated alkanes) is 1. The van der Waals surface area contributed by atoms with E-state index in [1.165, 1.54) is 0 Å². The highest BCUT2D eigenvalue weighted by atomic mass is 16.4. The van der Waals surface area contributed by atoms with Gasteiger partial charge in [-0.3, -0.25) is 4.98 Å². The summed E-state index contributed by atoms with van der Waals surface area (Å²) in [5, 5.41) is 12.8. The largest absolute Gasteiger partial charge is 0.480 e. The summed E-state index contributed by atoms with van der Waals surface area (Å²) in [7, 11) is 0. The summed E-state index contributed by atoms with van der Waals surface area (Å²) in [6.45, 7) is 3.87. The predicted molar refractivity (Wildman–Crippen MR) is 85.6 cm³/mol. The first-order chi connectivity index (χ1) is 10.5. The van der Waals surface area contributed by atoms with E-state index in [2.05, 4.69) is 20.3 Å². The highest BCUT2D eigenvalue weighted by molar-refractivity contribution is 5.90. The normalized spacial score (nSPS) is 13.7. The number of carboxylic acids is 1. The molecule has 0 bridgehead atoms. The zero-order valence-electron chi connectivity index (χ0n) is 12.8. The number of rotatable bonds is 7. The molecule has 4 N–H and O–H groups in total. The molecule has 0 spiro atoms. The second-order valence-electron chi connectivity index (χ2n) is 5.27. The van der Waals surface area contributed by atoms with Gasteiger partial charge in [-0.2, -0.15) is 4.98 Å². The van der Waals surface area contributed by atoms with Crippen LogP contribution in [0.3, 0.4) is 0 Å². The molecule has 0 saturated heterocycles. The molecular weight excluding hydrogens is 282 g/mol. The summed E-state index contributed by atoms with van der Waals surface area (Å²) in [5.41, 5.74) is 5.75. The average Bonchev–Trinajstić information content (AvgIpc) is 2.50. The molecule has 2 heterocycles. The van der Waals surface area contributed by atoms with Gasteiger partial charge in [-0.15, -0.1) is 0 Å². The van der Waals surface area contributed by atoms with Crippen molar-refractivity contribution in [2.75, 3.05) is 11.1 Å². The molecule has 1 unspecified atom stereocenters. The molecule has 0 radical (unpaired) electrons. The number of hydrogen-bond acceptors (Lipinski definition) is 6. The van der Waals surface area contributed by atoms with Gasteiger partial charge in [0.15, 0.2) is 5.82 Å². The standard InChI is InChI=1S/C15H21N5O2/c1-3-5-8-15(4-2,13(21)22)20-12-11-10(7-6-9-17-11)18-14(16)19-12/h6-7,9H,3-5,8H2,1-2H3,(H,21,22)(H3,16,18,19,20). The van der Waals surface area contributed by atoms with Crippen LogP contribution >= 0.6 is 0 Å². The summed E-state index contributed by atoms with van der Waals surface area (Å²) >= 11 is 0. The van der Waals surface area contributed by atoms with Crippen LogP contribution in [0.2, 0.25) is 0 Å². The Morgan fingerprint density at radius 3 is 2.82 bits per heavy atom. The number of hydrogen-bond donors (Lipinski definition) is 3. The smallest absolute Gasteiger partial charge is 0.329 e. The number of carboxylic acid groups (broad SMARTS) is 1. The zero-order chi connectivity index (χ0) is 16.2. The van der Waals surface area contributed by atoms with Gasteiger partial charge in [-0.05, 0) is 25.0 Å². The molecule has 0 aliphatic heterocycles. The van der Waals surface area contributed by atoms with Gasteiger partial charge in [0.25, 0.3) is 0 Å². The van der Waals surface area contributed by atoms with Gasteiger partial charge in [-0.25, -0.2) is 9.78 Å². The van der Waals surface area contributed by atoms with Crippen molar-refractivity contribution in [3.8, 4) is 0 Å². The number of carbonyl (C=O) groups is 1. The molecule has 0 fully saturated rings. The van der Waals surface area contributed by atoms with Crippen LogP contribution < -0.4 is 11.1 Å². The Balaban J connectivity index is 2.48. The number of aliphatic carboxylic acids is 1. The van der Waals surface area contributed by atoms with Gasteiger partial charge >= 0.3 is 5.97 Å². The summed E-state index contributed by atoms with van der Waals surface area (Å²) in [6.07, 6.45) is 4.28. The molecule has 7 heteroatoms. The number of nitrogen functional groups attached to an aromatic ring is 1. The summed E-state index contributed by atoms with van der Waals surface area (Å²) in [5.74, 6) is -0.443. The van der Waals surface area contributed by atoms with Gasteiger partial charge in [0.05, 0.1) is 5.52 Å². The summed E-state index contributed by atoms with van der Waals surface area (Å²) < 4.78 is 0. The van der Waals surface area contributed by atoms with Gasteiger partial charge in [0.2, 0.25) is 5.95 Å². The van der Waals surface area contributed by atoms with E-state index >= 15 is 0 Å². The van der Waals surface area contributed by atoms with E-state index in [-0.39, 0.29) is 5.95 Å². The van der Waals surface area contributed by atoms with Crippen molar-refractivity contribution < 1.29 is 9.90 Å². The van der Waals surface area contributed by atoms with Crippen LogP contribution in [0, 0.1) is 0 Å². The van der Waals surface area contributed by atoms with Crippen molar-refractivity contribution >= 4 is 28.8 Å². The fourth-order valence-electron chi connectivity index (χ4n) is 2.42. The van der Waals surface area contributed by atoms with Crippen LogP contribution in [0.5, 0.6) is 0 Å². The highest BCUT2D eigenvalue weighted by Gasteiger charge is 2.37. The van der Waals surface area contributed by atoms with E-state index in [0.29, 0.717) is 29.7 Å². The molecule has 2 aromatic heterocycles. The van der Waals surface area contributed by atoms with E-state index in [0.717, 1.165) is 12.8 Å². The lowest BCUT2D eigenvalue weighted by Gasteiger charge is -2.30. The molecule has 118 valence electrons. The van der Waals surface area contributed by atoms with Crippen LogP contribution in [0.15, 0.2) is 18.3 Å². The first kappa shape index (κ1) is 15.9.